The zero-order chi connectivity index (χ0) is 12.4. The molecule has 0 N–H and O–H groups in total. The molecule has 1 aliphatic carbocycles. The van der Waals surface area contributed by atoms with Crippen LogP contribution in [0.4, 0.5) is 0 Å². The first-order valence-electron chi connectivity index (χ1n) is 6.14. The molecule has 0 unspecified atom stereocenters. The fourth-order valence-electron chi connectivity index (χ4n) is 2.55. The lowest BCUT2D eigenvalue weighted by Crippen LogP contribution is -2.10. The number of rotatable bonds is 1. The molecule has 0 atom stereocenters. The maximum absolute atomic E-state index is 12.0. The summed E-state index contributed by atoms with van der Waals surface area (Å²) in [6, 6.07) is 2.24. The van der Waals surface area contributed by atoms with Crippen LogP contribution in [0.1, 0.15) is 59.1 Å². The van der Waals surface area contributed by atoms with Crippen LogP contribution in [0.25, 0.3) is 0 Å². The average Bonchev–Trinajstić information content (AvgIpc) is 2.51. The number of aryl methyl sites for hydroxylation is 2. The molecule has 0 aliphatic heterocycles. The number of pyridine rings is 1. The molecule has 2 rings (SSSR count). The van der Waals surface area contributed by atoms with Crippen LogP contribution in [0.2, 0.25) is 0 Å². The molecule has 1 aliphatic rings. The number of carbonyl (C=O) groups excluding carboxylic acids is 1. The molecule has 0 saturated heterocycles. The number of hydrogen-bond donors (Lipinski definition) is 0. The molecule has 0 radical (unpaired) electrons. The van der Waals surface area contributed by atoms with Crippen molar-refractivity contribution in [3.8, 4) is 6.07 Å². The maximum Gasteiger partial charge on any atom is 0.165 e. The first-order valence-corrected chi connectivity index (χ1v) is 6.14. The standard InChI is InChI=1S/C14H16N2O/c1-3-12-11(8-15)10-6-4-5-7-13(17)14(10)9(2)16-12/h3-7H2,1-2H3. The third-order valence-corrected chi connectivity index (χ3v) is 3.36. The lowest BCUT2D eigenvalue weighted by Gasteiger charge is -2.12. The number of fused-ring (bicyclic) bond motifs is 1. The first-order chi connectivity index (χ1) is 8.19. The average molecular weight is 228 g/mol. The van der Waals surface area contributed by atoms with Gasteiger partial charge in [0.25, 0.3) is 0 Å². The molecule has 0 amide bonds. The Bertz CT molecular complexity index is 512. The van der Waals surface area contributed by atoms with Crippen molar-refractivity contribution in [1.82, 2.24) is 4.98 Å². The maximum atomic E-state index is 12.0. The number of ketones is 1. The van der Waals surface area contributed by atoms with E-state index >= 15 is 0 Å². The third-order valence-electron chi connectivity index (χ3n) is 3.36. The van der Waals surface area contributed by atoms with E-state index in [1.54, 1.807) is 0 Å². The monoisotopic (exact) mass is 228 g/mol. The van der Waals surface area contributed by atoms with Gasteiger partial charge in [0.2, 0.25) is 0 Å². The van der Waals surface area contributed by atoms with Crippen LogP contribution in [0.5, 0.6) is 0 Å². The minimum atomic E-state index is 0.154. The molecule has 0 spiro atoms. The van der Waals surface area contributed by atoms with Gasteiger partial charge in [0, 0.05) is 17.7 Å². The predicted octanol–water partition coefficient (Wildman–Crippen LogP) is 2.73. The smallest absolute Gasteiger partial charge is 0.165 e. The summed E-state index contributed by atoms with van der Waals surface area (Å²) in [6.07, 6.45) is 4.07. The van der Waals surface area contributed by atoms with E-state index in [4.69, 9.17) is 0 Å². The van der Waals surface area contributed by atoms with Crippen molar-refractivity contribution in [1.29, 1.82) is 5.26 Å². The fraction of sp³-hybridized carbons (Fsp3) is 0.500. The van der Waals surface area contributed by atoms with Gasteiger partial charge in [0.15, 0.2) is 5.78 Å². The molecule has 88 valence electrons. The van der Waals surface area contributed by atoms with Crippen LogP contribution in [-0.2, 0) is 12.8 Å². The minimum absolute atomic E-state index is 0.154. The zero-order valence-corrected chi connectivity index (χ0v) is 10.3. The molecule has 1 aromatic heterocycles. The highest BCUT2D eigenvalue weighted by Crippen LogP contribution is 2.27. The topological polar surface area (TPSA) is 53.8 Å². The Morgan fingerprint density at radius 1 is 1.35 bits per heavy atom. The Balaban J connectivity index is 2.73. The van der Waals surface area contributed by atoms with E-state index in [9.17, 15) is 10.1 Å². The molecule has 1 aromatic rings. The van der Waals surface area contributed by atoms with Gasteiger partial charge in [-0.05, 0) is 38.2 Å². The van der Waals surface area contributed by atoms with E-state index in [-0.39, 0.29) is 5.78 Å². The molecule has 0 bridgehead atoms. The van der Waals surface area contributed by atoms with Crippen LogP contribution < -0.4 is 0 Å². The molecular formula is C14H16N2O. The Hall–Kier alpha value is -1.69. The van der Waals surface area contributed by atoms with Gasteiger partial charge in [-0.2, -0.15) is 5.26 Å². The number of aromatic nitrogens is 1. The Morgan fingerprint density at radius 3 is 2.71 bits per heavy atom. The second kappa shape index (κ2) is 4.67. The van der Waals surface area contributed by atoms with Crippen molar-refractivity contribution >= 4 is 5.78 Å². The van der Waals surface area contributed by atoms with Crippen molar-refractivity contribution in [2.24, 2.45) is 0 Å². The Morgan fingerprint density at radius 2 is 2.06 bits per heavy atom. The highest BCUT2D eigenvalue weighted by atomic mass is 16.1. The summed E-state index contributed by atoms with van der Waals surface area (Å²) in [7, 11) is 0. The second-order valence-corrected chi connectivity index (χ2v) is 4.47. The molecule has 1 heterocycles. The second-order valence-electron chi connectivity index (χ2n) is 4.47. The van der Waals surface area contributed by atoms with E-state index in [0.717, 1.165) is 48.2 Å². The van der Waals surface area contributed by atoms with Gasteiger partial charge in [-0.15, -0.1) is 0 Å². The van der Waals surface area contributed by atoms with Crippen LogP contribution in [0, 0.1) is 18.3 Å². The normalized spacial score (nSPS) is 15.0. The third kappa shape index (κ3) is 1.95. The zero-order valence-electron chi connectivity index (χ0n) is 10.3. The van der Waals surface area contributed by atoms with Crippen LogP contribution in [0.3, 0.4) is 0 Å². The van der Waals surface area contributed by atoms with E-state index in [2.05, 4.69) is 11.1 Å². The molecule has 17 heavy (non-hydrogen) atoms. The van der Waals surface area contributed by atoms with Crippen molar-refractivity contribution in [3.63, 3.8) is 0 Å². The summed E-state index contributed by atoms with van der Waals surface area (Å²) in [5.74, 6) is 0.154. The number of hydrogen-bond acceptors (Lipinski definition) is 3. The van der Waals surface area contributed by atoms with Crippen LogP contribution in [0.15, 0.2) is 0 Å². The molecule has 0 fully saturated rings. The summed E-state index contributed by atoms with van der Waals surface area (Å²) in [4.78, 5) is 16.5. The fourth-order valence-corrected chi connectivity index (χ4v) is 2.55. The minimum Gasteiger partial charge on any atom is -0.294 e. The molecule has 3 nitrogen and oxygen atoms in total. The van der Waals surface area contributed by atoms with Crippen molar-refractivity contribution in [2.75, 3.05) is 0 Å². The van der Waals surface area contributed by atoms with Crippen LogP contribution in [-0.4, -0.2) is 10.8 Å². The number of nitrogens with zero attached hydrogens (tertiary/aromatic N) is 2. The lowest BCUT2D eigenvalue weighted by molar-refractivity contribution is 0.0981. The largest absolute Gasteiger partial charge is 0.294 e. The first kappa shape index (κ1) is 11.8. The quantitative estimate of drug-likeness (QED) is 0.694. The molecular weight excluding hydrogens is 212 g/mol. The number of nitriles is 1. The highest BCUT2D eigenvalue weighted by Gasteiger charge is 2.23. The Kier molecular flexibility index (Phi) is 3.23. The van der Waals surface area contributed by atoms with Gasteiger partial charge in [0.05, 0.1) is 11.3 Å². The van der Waals surface area contributed by atoms with Crippen molar-refractivity contribution in [3.05, 3.63) is 28.1 Å². The highest BCUT2D eigenvalue weighted by molar-refractivity contribution is 5.99. The Labute approximate surface area is 101 Å². The van der Waals surface area contributed by atoms with E-state index < -0.39 is 0 Å². The SMILES string of the molecule is CCc1nc(C)c2c(c1C#N)CCCCC2=O. The van der Waals surface area contributed by atoms with E-state index in [0.29, 0.717) is 12.0 Å². The van der Waals surface area contributed by atoms with E-state index in [1.807, 2.05) is 13.8 Å². The van der Waals surface area contributed by atoms with Gasteiger partial charge >= 0.3 is 0 Å². The van der Waals surface area contributed by atoms with Gasteiger partial charge in [-0.1, -0.05) is 6.92 Å². The number of carbonyl (C=O) groups is 1. The lowest BCUT2D eigenvalue weighted by atomic mass is 9.94. The summed E-state index contributed by atoms with van der Waals surface area (Å²) < 4.78 is 0. The molecule has 0 saturated carbocycles. The van der Waals surface area contributed by atoms with Gasteiger partial charge < -0.3 is 0 Å². The van der Waals surface area contributed by atoms with Gasteiger partial charge in [-0.3, -0.25) is 9.78 Å². The van der Waals surface area contributed by atoms with Crippen molar-refractivity contribution in [2.45, 2.75) is 46.0 Å². The van der Waals surface area contributed by atoms with Crippen molar-refractivity contribution < 1.29 is 4.79 Å². The summed E-state index contributed by atoms with van der Waals surface area (Å²) in [5.41, 5.74) is 3.93. The molecule has 3 heteroatoms. The molecule has 0 aromatic carbocycles. The van der Waals surface area contributed by atoms with E-state index in [1.165, 1.54) is 0 Å². The van der Waals surface area contributed by atoms with Gasteiger partial charge in [0.1, 0.15) is 6.07 Å². The van der Waals surface area contributed by atoms with Gasteiger partial charge in [-0.25, -0.2) is 0 Å². The predicted molar refractivity (Wildman–Crippen MR) is 65.0 cm³/mol. The summed E-state index contributed by atoms with van der Waals surface area (Å²) >= 11 is 0. The number of Topliss-reactive ketones (excluding diaryl/α,β-unsaturated/α-hetero) is 1. The summed E-state index contributed by atoms with van der Waals surface area (Å²) in [5, 5.41) is 9.27. The summed E-state index contributed by atoms with van der Waals surface area (Å²) in [6.45, 7) is 3.87. The van der Waals surface area contributed by atoms with Crippen LogP contribution >= 0.6 is 0 Å².